The summed E-state index contributed by atoms with van der Waals surface area (Å²) < 4.78 is 0. The Labute approximate surface area is 130 Å². The van der Waals surface area contributed by atoms with Crippen molar-refractivity contribution in [1.29, 1.82) is 0 Å². The number of nitrogens with zero attached hydrogens (tertiary/aromatic N) is 2. The lowest BCUT2D eigenvalue weighted by atomic mass is 10.0. The fourth-order valence-corrected chi connectivity index (χ4v) is 3.23. The van der Waals surface area contributed by atoms with E-state index >= 15 is 0 Å². The Morgan fingerprint density at radius 3 is 2.67 bits per heavy atom. The highest BCUT2D eigenvalue weighted by molar-refractivity contribution is 5.16. The maximum absolute atomic E-state index is 3.75. The molecule has 0 spiro atoms. The molecule has 118 valence electrons. The molecule has 0 saturated carbocycles. The molecule has 3 heteroatoms. The molecule has 1 aliphatic rings. The molecule has 2 rings (SSSR count). The van der Waals surface area contributed by atoms with Crippen LogP contribution in [0.25, 0.3) is 0 Å². The SMILES string of the molecule is CCC1CNC(Cc2ccccc2)CN1CCCN(C)C. The van der Waals surface area contributed by atoms with Crippen LogP contribution in [0.2, 0.25) is 0 Å². The molecular weight excluding hydrogens is 258 g/mol. The Balaban J connectivity index is 1.85. The van der Waals surface area contributed by atoms with E-state index in [9.17, 15) is 0 Å². The Bertz CT molecular complexity index is 391. The van der Waals surface area contributed by atoms with E-state index in [2.05, 4.69) is 66.5 Å². The molecule has 0 bridgehead atoms. The van der Waals surface area contributed by atoms with E-state index < -0.39 is 0 Å². The van der Waals surface area contributed by atoms with E-state index in [1.54, 1.807) is 0 Å². The zero-order chi connectivity index (χ0) is 15.1. The second kappa shape index (κ2) is 8.52. The Morgan fingerprint density at radius 2 is 2.00 bits per heavy atom. The summed E-state index contributed by atoms with van der Waals surface area (Å²) in [7, 11) is 4.32. The van der Waals surface area contributed by atoms with Crippen molar-refractivity contribution < 1.29 is 0 Å². The van der Waals surface area contributed by atoms with Gasteiger partial charge in [-0.2, -0.15) is 0 Å². The Morgan fingerprint density at radius 1 is 1.24 bits per heavy atom. The summed E-state index contributed by atoms with van der Waals surface area (Å²) in [5, 5.41) is 3.75. The van der Waals surface area contributed by atoms with Crippen LogP contribution in [0.5, 0.6) is 0 Å². The number of hydrogen-bond acceptors (Lipinski definition) is 3. The monoisotopic (exact) mass is 289 g/mol. The molecule has 1 N–H and O–H groups in total. The van der Waals surface area contributed by atoms with Crippen molar-refractivity contribution in [2.24, 2.45) is 0 Å². The van der Waals surface area contributed by atoms with E-state index in [1.807, 2.05) is 0 Å². The smallest absolute Gasteiger partial charge is 0.0236 e. The van der Waals surface area contributed by atoms with Crippen molar-refractivity contribution in [2.75, 3.05) is 40.3 Å². The highest BCUT2D eigenvalue weighted by Gasteiger charge is 2.26. The lowest BCUT2D eigenvalue weighted by Gasteiger charge is -2.40. The summed E-state index contributed by atoms with van der Waals surface area (Å²) in [5.41, 5.74) is 1.44. The predicted molar refractivity (Wildman–Crippen MR) is 90.8 cm³/mol. The zero-order valence-electron chi connectivity index (χ0n) is 13.9. The fraction of sp³-hybridized carbons (Fsp3) is 0.667. The molecule has 1 heterocycles. The highest BCUT2D eigenvalue weighted by atomic mass is 15.2. The fourth-order valence-electron chi connectivity index (χ4n) is 3.23. The average molecular weight is 289 g/mol. The zero-order valence-corrected chi connectivity index (χ0v) is 13.9. The minimum atomic E-state index is 0.592. The summed E-state index contributed by atoms with van der Waals surface area (Å²) in [6.07, 6.45) is 3.65. The molecule has 1 aromatic carbocycles. The normalized spacial score (nSPS) is 23.6. The molecule has 3 nitrogen and oxygen atoms in total. The van der Waals surface area contributed by atoms with Crippen molar-refractivity contribution in [2.45, 2.75) is 38.3 Å². The van der Waals surface area contributed by atoms with Crippen molar-refractivity contribution in [1.82, 2.24) is 15.1 Å². The van der Waals surface area contributed by atoms with E-state index in [1.165, 1.54) is 38.0 Å². The predicted octanol–water partition coefficient (Wildman–Crippen LogP) is 2.23. The van der Waals surface area contributed by atoms with E-state index in [-0.39, 0.29) is 0 Å². The van der Waals surface area contributed by atoms with Gasteiger partial charge in [0.15, 0.2) is 0 Å². The summed E-state index contributed by atoms with van der Waals surface area (Å²) in [5.74, 6) is 0. The van der Waals surface area contributed by atoms with Crippen LogP contribution in [0.4, 0.5) is 0 Å². The standard InChI is InChI=1S/C18H31N3/c1-4-18-14-19-17(13-16-9-6-5-7-10-16)15-21(18)12-8-11-20(2)3/h5-7,9-10,17-19H,4,8,11-15H2,1-3H3. The second-order valence-corrected chi connectivity index (χ2v) is 6.51. The van der Waals surface area contributed by atoms with Gasteiger partial charge in [0.25, 0.3) is 0 Å². The topological polar surface area (TPSA) is 18.5 Å². The van der Waals surface area contributed by atoms with Crippen molar-refractivity contribution in [3.8, 4) is 0 Å². The first-order chi connectivity index (χ1) is 10.2. The number of rotatable bonds is 7. The highest BCUT2D eigenvalue weighted by Crippen LogP contribution is 2.14. The van der Waals surface area contributed by atoms with Crippen LogP contribution in [0, 0.1) is 0 Å². The van der Waals surface area contributed by atoms with Crippen molar-refractivity contribution >= 4 is 0 Å². The molecule has 0 radical (unpaired) electrons. The molecular formula is C18H31N3. The summed E-state index contributed by atoms with van der Waals surface area (Å²) in [6, 6.07) is 12.2. The number of benzene rings is 1. The summed E-state index contributed by atoms with van der Waals surface area (Å²) in [4.78, 5) is 4.98. The molecule has 2 atom stereocenters. The van der Waals surface area contributed by atoms with Gasteiger partial charge in [-0.3, -0.25) is 4.90 Å². The third-order valence-electron chi connectivity index (χ3n) is 4.46. The van der Waals surface area contributed by atoms with Gasteiger partial charge in [-0.05, 0) is 52.0 Å². The summed E-state index contributed by atoms with van der Waals surface area (Å²) in [6.45, 7) is 7.03. The number of hydrogen-bond donors (Lipinski definition) is 1. The number of nitrogens with one attached hydrogen (secondary N) is 1. The van der Waals surface area contributed by atoms with Crippen LogP contribution >= 0.6 is 0 Å². The van der Waals surface area contributed by atoms with Gasteiger partial charge in [0.05, 0.1) is 0 Å². The van der Waals surface area contributed by atoms with Crippen LogP contribution in [0.15, 0.2) is 30.3 Å². The molecule has 0 aromatic heterocycles. The molecule has 0 amide bonds. The molecule has 1 aromatic rings. The van der Waals surface area contributed by atoms with Crippen molar-refractivity contribution in [3.63, 3.8) is 0 Å². The third kappa shape index (κ3) is 5.42. The maximum atomic E-state index is 3.75. The average Bonchev–Trinajstić information content (AvgIpc) is 2.48. The number of piperazine rings is 1. The third-order valence-corrected chi connectivity index (χ3v) is 4.46. The van der Waals surface area contributed by atoms with Gasteiger partial charge >= 0.3 is 0 Å². The Kier molecular flexibility index (Phi) is 6.68. The first kappa shape index (κ1) is 16.5. The first-order valence-corrected chi connectivity index (χ1v) is 8.35. The second-order valence-electron chi connectivity index (χ2n) is 6.51. The molecule has 0 aliphatic carbocycles. The van der Waals surface area contributed by atoms with Gasteiger partial charge in [-0.25, -0.2) is 0 Å². The lowest BCUT2D eigenvalue weighted by molar-refractivity contribution is 0.121. The molecule has 2 unspecified atom stereocenters. The summed E-state index contributed by atoms with van der Waals surface area (Å²) >= 11 is 0. The van der Waals surface area contributed by atoms with Crippen LogP contribution < -0.4 is 5.32 Å². The molecule has 1 saturated heterocycles. The van der Waals surface area contributed by atoms with Crippen LogP contribution in [-0.2, 0) is 6.42 Å². The molecule has 1 aliphatic heterocycles. The molecule has 21 heavy (non-hydrogen) atoms. The van der Waals surface area contributed by atoms with E-state index in [0.717, 1.165) is 13.0 Å². The van der Waals surface area contributed by atoms with Gasteiger partial charge in [-0.15, -0.1) is 0 Å². The lowest BCUT2D eigenvalue weighted by Crippen LogP contribution is -2.57. The van der Waals surface area contributed by atoms with Crippen LogP contribution in [0.1, 0.15) is 25.3 Å². The van der Waals surface area contributed by atoms with Crippen molar-refractivity contribution in [3.05, 3.63) is 35.9 Å². The van der Waals surface area contributed by atoms with Gasteiger partial charge in [0, 0.05) is 25.2 Å². The van der Waals surface area contributed by atoms with Gasteiger partial charge in [0.1, 0.15) is 0 Å². The van der Waals surface area contributed by atoms with E-state index in [0.29, 0.717) is 12.1 Å². The largest absolute Gasteiger partial charge is 0.311 e. The minimum absolute atomic E-state index is 0.592. The van der Waals surface area contributed by atoms with Gasteiger partial charge in [0.2, 0.25) is 0 Å². The molecule has 1 fully saturated rings. The maximum Gasteiger partial charge on any atom is 0.0236 e. The van der Waals surface area contributed by atoms with Gasteiger partial charge < -0.3 is 10.2 Å². The quantitative estimate of drug-likeness (QED) is 0.830. The first-order valence-electron chi connectivity index (χ1n) is 8.35. The minimum Gasteiger partial charge on any atom is -0.311 e. The van der Waals surface area contributed by atoms with Crippen LogP contribution in [0.3, 0.4) is 0 Å². The Hall–Kier alpha value is -0.900. The van der Waals surface area contributed by atoms with Crippen LogP contribution in [-0.4, -0.2) is 62.2 Å². The van der Waals surface area contributed by atoms with E-state index in [4.69, 9.17) is 0 Å². The van der Waals surface area contributed by atoms with Gasteiger partial charge in [-0.1, -0.05) is 37.3 Å².